The quantitative estimate of drug-likeness (QED) is 0.832. The van der Waals surface area contributed by atoms with Gasteiger partial charge in [0.05, 0.1) is 12.6 Å². The predicted octanol–water partition coefficient (Wildman–Crippen LogP) is 1.47. The second kappa shape index (κ2) is 7.50. The van der Waals surface area contributed by atoms with Gasteiger partial charge in [0, 0.05) is 11.9 Å². The summed E-state index contributed by atoms with van der Waals surface area (Å²) in [6, 6.07) is 3.17. The van der Waals surface area contributed by atoms with Crippen LogP contribution >= 0.6 is 11.8 Å². The summed E-state index contributed by atoms with van der Waals surface area (Å²) in [7, 11) is 0. The van der Waals surface area contributed by atoms with Crippen LogP contribution in [0.15, 0.2) is 18.3 Å². The summed E-state index contributed by atoms with van der Waals surface area (Å²) in [4.78, 5) is 16.4. The molecule has 1 aliphatic rings. The van der Waals surface area contributed by atoms with Gasteiger partial charge in [-0.25, -0.2) is 4.98 Å². The van der Waals surface area contributed by atoms with Crippen molar-refractivity contribution in [3.8, 4) is 5.88 Å². The lowest BCUT2D eigenvalue weighted by molar-refractivity contribution is 0.0907. The molecule has 110 valence electrons. The highest BCUT2D eigenvalue weighted by Crippen LogP contribution is 2.24. The van der Waals surface area contributed by atoms with Gasteiger partial charge in [-0.1, -0.05) is 6.92 Å². The van der Waals surface area contributed by atoms with Crippen LogP contribution < -0.4 is 10.1 Å². The van der Waals surface area contributed by atoms with Crippen LogP contribution in [0.5, 0.6) is 5.88 Å². The zero-order chi connectivity index (χ0) is 14.4. The van der Waals surface area contributed by atoms with Crippen LogP contribution in [0.2, 0.25) is 0 Å². The molecule has 1 amide bonds. The van der Waals surface area contributed by atoms with E-state index in [1.807, 2.05) is 18.7 Å². The highest BCUT2D eigenvalue weighted by Gasteiger charge is 2.22. The van der Waals surface area contributed by atoms with Crippen LogP contribution in [-0.2, 0) is 0 Å². The van der Waals surface area contributed by atoms with Gasteiger partial charge in [-0.2, -0.15) is 11.8 Å². The van der Waals surface area contributed by atoms with E-state index in [2.05, 4.69) is 10.3 Å². The number of hydrogen-bond donors (Lipinski definition) is 2. The molecule has 0 saturated carbocycles. The molecule has 2 rings (SSSR count). The number of pyridine rings is 1. The van der Waals surface area contributed by atoms with E-state index in [9.17, 15) is 4.79 Å². The van der Waals surface area contributed by atoms with Crippen LogP contribution in [-0.4, -0.2) is 46.3 Å². The number of nitrogens with one attached hydrogen (secondary N) is 1. The number of aliphatic hydroxyl groups is 1. The molecular weight excluding hydrogens is 276 g/mol. The third-order valence-electron chi connectivity index (χ3n) is 3.23. The molecule has 1 saturated heterocycles. The first kappa shape index (κ1) is 15.1. The Kier molecular flexibility index (Phi) is 5.67. The highest BCUT2D eigenvalue weighted by atomic mass is 32.2. The molecule has 0 radical (unpaired) electrons. The Labute approximate surface area is 123 Å². The molecule has 20 heavy (non-hydrogen) atoms. The first-order valence-electron chi connectivity index (χ1n) is 6.85. The van der Waals surface area contributed by atoms with Gasteiger partial charge in [0.25, 0.3) is 5.91 Å². The maximum Gasteiger partial charge on any atom is 0.257 e. The molecule has 0 bridgehead atoms. The van der Waals surface area contributed by atoms with Gasteiger partial charge in [-0.05, 0) is 30.7 Å². The molecule has 0 aliphatic carbocycles. The second-order valence-corrected chi connectivity index (χ2v) is 5.87. The molecular formula is C14H20N2O3S. The summed E-state index contributed by atoms with van der Waals surface area (Å²) >= 11 is 1.85. The van der Waals surface area contributed by atoms with E-state index in [-0.39, 0.29) is 24.7 Å². The van der Waals surface area contributed by atoms with Crippen molar-refractivity contribution in [3.63, 3.8) is 0 Å². The lowest BCUT2D eigenvalue weighted by Gasteiger charge is -2.17. The van der Waals surface area contributed by atoms with E-state index in [1.165, 1.54) is 0 Å². The fourth-order valence-corrected chi connectivity index (χ4v) is 3.06. The first-order valence-corrected chi connectivity index (χ1v) is 8.01. The number of carbonyl (C=O) groups is 1. The van der Waals surface area contributed by atoms with E-state index >= 15 is 0 Å². The lowest BCUT2D eigenvalue weighted by atomic mass is 10.2. The summed E-state index contributed by atoms with van der Waals surface area (Å²) in [6.45, 7) is 1.84. The number of aromatic nitrogens is 1. The van der Waals surface area contributed by atoms with Gasteiger partial charge in [0.1, 0.15) is 11.7 Å². The van der Waals surface area contributed by atoms with Gasteiger partial charge in [-0.3, -0.25) is 4.79 Å². The minimum Gasteiger partial charge on any atom is -0.473 e. The minimum atomic E-state index is -0.250. The van der Waals surface area contributed by atoms with E-state index in [0.717, 1.165) is 17.9 Å². The molecule has 5 nitrogen and oxygen atoms in total. The van der Waals surface area contributed by atoms with Gasteiger partial charge in [-0.15, -0.1) is 0 Å². The van der Waals surface area contributed by atoms with Gasteiger partial charge >= 0.3 is 0 Å². The van der Waals surface area contributed by atoms with E-state index < -0.39 is 0 Å². The van der Waals surface area contributed by atoms with Crippen molar-refractivity contribution in [1.29, 1.82) is 0 Å². The smallest absolute Gasteiger partial charge is 0.257 e. The molecule has 0 aromatic carbocycles. The van der Waals surface area contributed by atoms with Crippen LogP contribution in [0.1, 0.15) is 30.1 Å². The first-order chi connectivity index (χ1) is 9.74. The Morgan fingerprint density at radius 2 is 2.55 bits per heavy atom. The molecule has 1 aromatic heterocycles. The predicted molar refractivity (Wildman–Crippen MR) is 79.2 cm³/mol. The van der Waals surface area contributed by atoms with Crippen molar-refractivity contribution in [2.75, 3.05) is 18.1 Å². The Bertz CT molecular complexity index is 446. The van der Waals surface area contributed by atoms with Crippen LogP contribution in [0.25, 0.3) is 0 Å². The summed E-state index contributed by atoms with van der Waals surface area (Å²) in [5.74, 6) is 2.15. The van der Waals surface area contributed by atoms with E-state index in [4.69, 9.17) is 9.84 Å². The number of rotatable bonds is 6. The molecule has 2 heterocycles. The van der Waals surface area contributed by atoms with Gasteiger partial charge in [0.2, 0.25) is 5.88 Å². The monoisotopic (exact) mass is 296 g/mol. The highest BCUT2D eigenvalue weighted by molar-refractivity contribution is 7.99. The third kappa shape index (κ3) is 3.86. The van der Waals surface area contributed by atoms with E-state index in [1.54, 1.807) is 18.3 Å². The van der Waals surface area contributed by atoms with Crippen molar-refractivity contribution in [3.05, 3.63) is 23.9 Å². The average molecular weight is 296 g/mol. The van der Waals surface area contributed by atoms with Gasteiger partial charge in [0.15, 0.2) is 0 Å². The maximum atomic E-state index is 12.2. The SMILES string of the molecule is CCC(CO)NC(=O)c1cccnc1OC1CCSC1. The Hall–Kier alpha value is -1.27. The number of hydrogen-bond acceptors (Lipinski definition) is 5. The van der Waals surface area contributed by atoms with Crippen molar-refractivity contribution in [2.24, 2.45) is 0 Å². The molecule has 1 aromatic rings. The molecule has 1 aliphatic heterocycles. The largest absolute Gasteiger partial charge is 0.473 e. The molecule has 2 N–H and O–H groups in total. The van der Waals surface area contributed by atoms with Crippen molar-refractivity contribution in [2.45, 2.75) is 31.9 Å². The number of aliphatic hydroxyl groups excluding tert-OH is 1. The zero-order valence-corrected chi connectivity index (χ0v) is 12.4. The normalized spacial score (nSPS) is 19.6. The standard InChI is InChI=1S/C14H20N2O3S/c1-2-10(8-17)16-13(18)12-4-3-6-15-14(12)19-11-5-7-20-9-11/h3-4,6,10-11,17H,2,5,7-9H2,1H3,(H,16,18). The number of carbonyl (C=O) groups excluding carboxylic acids is 1. The third-order valence-corrected chi connectivity index (χ3v) is 4.36. The summed E-state index contributed by atoms with van der Waals surface area (Å²) in [5, 5.41) is 11.9. The van der Waals surface area contributed by atoms with E-state index in [0.29, 0.717) is 17.9 Å². The molecule has 1 fully saturated rings. The summed E-state index contributed by atoms with van der Waals surface area (Å²) in [5.41, 5.74) is 0.427. The number of amides is 1. The molecule has 2 atom stereocenters. The molecule has 0 spiro atoms. The Morgan fingerprint density at radius 3 is 3.20 bits per heavy atom. The minimum absolute atomic E-state index is 0.0715. The molecule has 2 unspecified atom stereocenters. The Balaban J connectivity index is 2.07. The number of thioether (sulfide) groups is 1. The van der Waals surface area contributed by atoms with Crippen molar-refractivity contribution >= 4 is 17.7 Å². The molecule has 6 heteroatoms. The van der Waals surface area contributed by atoms with Crippen LogP contribution in [0.4, 0.5) is 0 Å². The maximum absolute atomic E-state index is 12.2. The fourth-order valence-electron chi connectivity index (χ4n) is 1.96. The Morgan fingerprint density at radius 1 is 1.70 bits per heavy atom. The lowest BCUT2D eigenvalue weighted by Crippen LogP contribution is -2.37. The average Bonchev–Trinajstić information content (AvgIpc) is 2.98. The zero-order valence-electron chi connectivity index (χ0n) is 11.5. The summed E-state index contributed by atoms with van der Waals surface area (Å²) in [6.07, 6.45) is 3.41. The summed E-state index contributed by atoms with van der Waals surface area (Å²) < 4.78 is 5.82. The van der Waals surface area contributed by atoms with Crippen LogP contribution in [0, 0.1) is 0 Å². The van der Waals surface area contributed by atoms with Gasteiger partial charge < -0.3 is 15.2 Å². The van der Waals surface area contributed by atoms with Crippen LogP contribution in [0.3, 0.4) is 0 Å². The second-order valence-electron chi connectivity index (χ2n) is 4.72. The van der Waals surface area contributed by atoms with Crippen molar-refractivity contribution in [1.82, 2.24) is 10.3 Å². The fraction of sp³-hybridized carbons (Fsp3) is 0.571. The topological polar surface area (TPSA) is 71.5 Å². The number of nitrogens with zero attached hydrogens (tertiary/aromatic N) is 1. The number of ether oxygens (including phenoxy) is 1. The van der Waals surface area contributed by atoms with Crippen molar-refractivity contribution < 1.29 is 14.6 Å².